The summed E-state index contributed by atoms with van der Waals surface area (Å²) in [7, 11) is 0. The Morgan fingerprint density at radius 3 is 2.50 bits per heavy atom. The highest BCUT2D eigenvalue weighted by Gasteiger charge is 2.14. The van der Waals surface area contributed by atoms with E-state index in [0.717, 1.165) is 37.9 Å². The molecule has 0 aliphatic heterocycles. The summed E-state index contributed by atoms with van der Waals surface area (Å²) < 4.78 is 5.53. The Bertz CT molecular complexity index is 393. The first-order valence-corrected chi connectivity index (χ1v) is 7.80. The molecule has 0 aliphatic carbocycles. The number of rotatable bonds is 9. The highest BCUT2D eigenvalue weighted by atomic mass is 16.5. The average molecular weight is 279 g/mol. The topological polar surface area (TPSA) is 55.5 Å². The molecule has 3 heteroatoms. The fourth-order valence-corrected chi connectivity index (χ4v) is 2.47. The maximum Gasteiger partial charge on any atom is 0.119 e. The quantitative estimate of drug-likeness (QED) is 0.730. The Kier molecular flexibility index (Phi) is 7.63. The van der Waals surface area contributed by atoms with Gasteiger partial charge in [0.1, 0.15) is 5.75 Å². The highest BCUT2D eigenvalue weighted by Crippen LogP contribution is 2.21. The molecule has 0 aromatic heterocycles. The molecule has 114 valence electrons. The summed E-state index contributed by atoms with van der Waals surface area (Å²) in [6, 6.07) is 6.13. The molecule has 0 spiro atoms. The summed E-state index contributed by atoms with van der Waals surface area (Å²) in [6.45, 7) is 6.92. The van der Waals surface area contributed by atoms with Crippen LogP contribution in [-0.2, 0) is 12.8 Å². The number of aryl methyl sites for hydroxylation is 2. The number of aliphatic hydroxyl groups is 1. The van der Waals surface area contributed by atoms with E-state index in [1.807, 2.05) is 13.0 Å². The molecule has 0 fully saturated rings. The van der Waals surface area contributed by atoms with Crippen LogP contribution in [0.15, 0.2) is 18.2 Å². The molecule has 3 nitrogen and oxygen atoms in total. The van der Waals surface area contributed by atoms with Gasteiger partial charge < -0.3 is 15.6 Å². The fraction of sp³-hybridized carbons (Fsp3) is 0.647. The Morgan fingerprint density at radius 2 is 1.90 bits per heavy atom. The van der Waals surface area contributed by atoms with Gasteiger partial charge in [0.2, 0.25) is 0 Å². The molecular weight excluding hydrogens is 250 g/mol. The van der Waals surface area contributed by atoms with Crippen LogP contribution in [0.3, 0.4) is 0 Å². The minimum Gasteiger partial charge on any atom is -0.494 e. The van der Waals surface area contributed by atoms with Crippen molar-refractivity contribution in [2.75, 3.05) is 6.61 Å². The van der Waals surface area contributed by atoms with E-state index in [4.69, 9.17) is 10.5 Å². The van der Waals surface area contributed by atoms with Crippen LogP contribution in [0.1, 0.15) is 51.2 Å². The molecule has 1 aromatic rings. The number of hydrogen-bond donors (Lipinski definition) is 2. The Balaban J connectivity index is 2.63. The zero-order valence-corrected chi connectivity index (χ0v) is 13.1. The van der Waals surface area contributed by atoms with Crippen LogP contribution in [0.25, 0.3) is 0 Å². The van der Waals surface area contributed by atoms with Crippen molar-refractivity contribution in [3.8, 4) is 5.75 Å². The number of aliphatic hydroxyl groups excluding tert-OH is 1. The third-order valence-corrected chi connectivity index (χ3v) is 3.70. The minimum absolute atomic E-state index is 0.104. The van der Waals surface area contributed by atoms with Gasteiger partial charge in [-0.3, -0.25) is 0 Å². The minimum atomic E-state index is -0.411. The Hall–Kier alpha value is -1.06. The van der Waals surface area contributed by atoms with Crippen LogP contribution in [0.5, 0.6) is 5.75 Å². The predicted octanol–water partition coefficient (Wildman–Crippen LogP) is 3.07. The lowest BCUT2D eigenvalue weighted by atomic mass is 9.96. The molecule has 0 bridgehead atoms. The van der Waals surface area contributed by atoms with Crippen LogP contribution in [0.4, 0.5) is 0 Å². The van der Waals surface area contributed by atoms with Gasteiger partial charge in [-0.15, -0.1) is 0 Å². The average Bonchev–Trinajstić information content (AvgIpc) is 2.45. The maximum absolute atomic E-state index is 10.1. The molecule has 20 heavy (non-hydrogen) atoms. The normalized spacial score (nSPS) is 14.1. The Morgan fingerprint density at radius 1 is 1.15 bits per heavy atom. The van der Waals surface area contributed by atoms with E-state index < -0.39 is 6.10 Å². The number of benzene rings is 1. The van der Waals surface area contributed by atoms with Gasteiger partial charge in [0.15, 0.2) is 0 Å². The highest BCUT2D eigenvalue weighted by molar-refractivity contribution is 5.36. The molecule has 3 N–H and O–H groups in total. The standard InChI is InChI=1S/C17H29NO2/c1-4-7-16(18)17(19)11-9-14-8-10-15(20-6-3)12-13(14)5-2/h8,10,12,16-17,19H,4-7,9,11,18H2,1-3H3. The zero-order chi connectivity index (χ0) is 15.0. The molecule has 2 atom stereocenters. The van der Waals surface area contributed by atoms with Crippen molar-refractivity contribution in [1.29, 1.82) is 0 Å². The van der Waals surface area contributed by atoms with E-state index in [1.165, 1.54) is 11.1 Å². The van der Waals surface area contributed by atoms with Crippen LogP contribution in [0, 0.1) is 0 Å². The molecule has 0 radical (unpaired) electrons. The van der Waals surface area contributed by atoms with Crippen LogP contribution >= 0.6 is 0 Å². The van der Waals surface area contributed by atoms with E-state index in [1.54, 1.807) is 0 Å². The molecule has 0 saturated heterocycles. The Labute approximate surface area is 123 Å². The molecule has 0 amide bonds. The van der Waals surface area contributed by atoms with Crippen molar-refractivity contribution < 1.29 is 9.84 Å². The van der Waals surface area contributed by atoms with Gasteiger partial charge in [0, 0.05) is 6.04 Å². The van der Waals surface area contributed by atoms with Crippen molar-refractivity contribution in [1.82, 2.24) is 0 Å². The summed E-state index contributed by atoms with van der Waals surface area (Å²) >= 11 is 0. The maximum atomic E-state index is 10.1. The second-order valence-electron chi connectivity index (χ2n) is 5.28. The van der Waals surface area contributed by atoms with E-state index in [-0.39, 0.29) is 6.04 Å². The third kappa shape index (κ3) is 5.14. The lowest BCUT2D eigenvalue weighted by molar-refractivity contribution is 0.131. The second kappa shape index (κ2) is 8.98. The smallest absolute Gasteiger partial charge is 0.119 e. The van der Waals surface area contributed by atoms with E-state index in [2.05, 4.69) is 26.0 Å². The van der Waals surface area contributed by atoms with Crippen molar-refractivity contribution in [2.24, 2.45) is 5.73 Å². The lowest BCUT2D eigenvalue weighted by Gasteiger charge is -2.19. The van der Waals surface area contributed by atoms with E-state index >= 15 is 0 Å². The van der Waals surface area contributed by atoms with Crippen molar-refractivity contribution in [2.45, 2.75) is 65.0 Å². The summed E-state index contributed by atoms with van der Waals surface area (Å²) in [5, 5.41) is 10.1. The lowest BCUT2D eigenvalue weighted by Crippen LogP contribution is -2.34. The van der Waals surface area contributed by atoms with Gasteiger partial charge in [0.25, 0.3) is 0 Å². The summed E-state index contributed by atoms with van der Waals surface area (Å²) in [4.78, 5) is 0. The first-order chi connectivity index (χ1) is 9.62. The molecule has 2 unspecified atom stereocenters. The van der Waals surface area contributed by atoms with Crippen molar-refractivity contribution >= 4 is 0 Å². The van der Waals surface area contributed by atoms with Crippen molar-refractivity contribution in [3.63, 3.8) is 0 Å². The predicted molar refractivity (Wildman–Crippen MR) is 84.2 cm³/mol. The molecular formula is C17H29NO2. The summed E-state index contributed by atoms with van der Waals surface area (Å²) in [5.41, 5.74) is 8.54. The van der Waals surface area contributed by atoms with Gasteiger partial charge in [-0.1, -0.05) is 26.3 Å². The number of hydrogen-bond acceptors (Lipinski definition) is 3. The molecule has 0 aliphatic rings. The second-order valence-corrected chi connectivity index (χ2v) is 5.28. The monoisotopic (exact) mass is 279 g/mol. The zero-order valence-electron chi connectivity index (χ0n) is 13.1. The molecule has 0 heterocycles. The molecule has 0 saturated carbocycles. The van der Waals surface area contributed by atoms with Gasteiger partial charge in [-0.25, -0.2) is 0 Å². The molecule has 1 rings (SSSR count). The first-order valence-electron chi connectivity index (χ1n) is 7.80. The van der Waals surface area contributed by atoms with Crippen LogP contribution < -0.4 is 10.5 Å². The number of ether oxygens (including phenoxy) is 1. The summed E-state index contributed by atoms with van der Waals surface area (Å²) in [6.07, 6.45) is 4.06. The SMILES string of the molecule is CCCC(N)C(O)CCc1ccc(OCC)cc1CC. The first kappa shape index (κ1) is 17.0. The van der Waals surface area contributed by atoms with Gasteiger partial charge >= 0.3 is 0 Å². The van der Waals surface area contributed by atoms with E-state index in [9.17, 15) is 5.11 Å². The van der Waals surface area contributed by atoms with Crippen molar-refractivity contribution in [3.05, 3.63) is 29.3 Å². The number of nitrogens with two attached hydrogens (primary N) is 1. The van der Waals surface area contributed by atoms with Gasteiger partial charge in [-0.05, 0) is 55.9 Å². The van der Waals surface area contributed by atoms with E-state index in [0.29, 0.717) is 6.61 Å². The van der Waals surface area contributed by atoms with Crippen LogP contribution in [0.2, 0.25) is 0 Å². The molecule has 1 aromatic carbocycles. The van der Waals surface area contributed by atoms with Gasteiger partial charge in [-0.2, -0.15) is 0 Å². The fourth-order valence-electron chi connectivity index (χ4n) is 2.47. The third-order valence-electron chi connectivity index (χ3n) is 3.70. The van der Waals surface area contributed by atoms with Crippen LogP contribution in [-0.4, -0.2) is 23.9 Å². The largest absolute Gasteiger partial charge is 0.494 e. The van der Waals surface area contributed by atoms with Gasteiger partial charge in [0.05, 0.1) is 12.7 Å². The summed E-state index contributed by atoms with van der Waals surface area (Å²) in [5.74, 6) is 0.927.